The van der Waals surface area contributed by atoms with E-state index < -0.39 is 0 Å². The molecule has 0 saturated heterocycles. The molecule has 1 aromatic carbocycles. The predicted octanol–water partition coefficient (Wildman–Crippen LogP) is 1.49. The molecule has 0 radical (unpaired) electrons. The van der Waals surface area contributed by atoms with Gasteiger partial charge in [-0.25, -0.2) is 0 Å². The summed E-state index contributed by atoms with van der Waals surface area (Å²) in [7, 11) is 4.67. The molecular formula is C10H14ClNO3. The summed E-state index contributed by atoms with van der Waals surface area (Å²) in [5.74, 6) is 1.01. The van der Waals surface area contributed by atoms with Gasteiger partial charge in [-0.2, -0.15) is 0 Å². The molecule has 1 N–H and O–H groups in total. The summed E-state index contributed by atoms with van der Waals surface area (Å²) in [4.78, 5) is 11.3. The molecule has 1 rings (SSSR count). The quantitative estimate of drug-likeness (QED) is 0.858. The zero-order valence-electron chi connectivity index (χ0n) is 8.87. The van der Waals surface area contributed by atoms with E-state index in [0.29, 0.717) is 17.1 Å². The van der Waals surface area contributed by atoms with Gasteiger partial charge in [0.15, 0.2) is 11.5 Å². The molecule has 0 heterocycles. The summed E-state index contributed by atoms with van der Waals surface area (Å²) in [5, 5.41) is 2.53. The van der Waals surface area contributed by atoms with E-state index in [4.69, 9.17) is 9.47 Å². The highest BCUT2D eigenvalue weighted by atomic mass is 35.5. The largest absolute Gasteiger partial charge is 0.493 e. The molecule has 1 aromatic rings. The third-order valence-corrected chi connectivity index (χ3v) is 1.87. The van der Waals surface area contributed by atoms with E-state index >= 15 is 0 Å². The number of amides is 1. The van der Waals surface area contributed by atoms with Gasteiger partial charge in [-0.3, -0.25) is 4.79 Å². The maximum atomic E-state index is 11.3. The molecule has 0 aliphatic rings. The standard InChI is InChI=1S/C10H13NO3.ClH/c1-11-10(12)7-4-5-8(13-2)9(6-7)14-3;/h4-6H,1-3H3,(H,11,12);1H. The molecule has 0 saturated carbocycles. The number of benzene rings is 1. The van der Waals surface area contributed by atoms with Crippen molar-refractivity contribution in [3.8, 4) is 11.5 Å². The minimum atomic E-state index is -0.147. The SMILES string of the molecule is CNC(=O)c1ccc(OC)c(OC)c1.Cl. The van der Waals surface area contributed by atoms with E-state index in [1.165, 1.54) is 7.11 Å². The number of nitrogens with one attached hydrogen (secondary N) is 1. The zero-order valence-corrected chi connectivity index (χ0v) is 9.68. The van der Waals surface area contributed by atoms with Crippen molar-refractivity contribution in [3.63, 3.8) is 0 Å². The first kappa shape index (κ1) is 13.6. The lowest BCUT2D eigenvalue weighted by molar-refractivity contribution is 0.0962. The lowest BCUT2D eigenvalue weighted by Crippen LogP contribution is -2.17. The molecule has 0 atom stereocenters. The lowest BCUT2D eigenvalue weighted by Gasteiger charge is -2.08. The summed E-state index contributed by atoms with van der Waals surface area (Å²) >= 11 is 0. The normalized spacial score (nSPS) is 8.73. The van der Waals surface area contributed by atoms with Gasteiger partial charge < -0.3 is 14.8 Å². The van der Waals surface area contributed by atoms with Crippen molar-refractivity contribution in [2.45, 2.75) is 0 Å². The average molecular weight is 232 g/mol. The van der Waals surface area contributed by atoms with Crippen molar-refractivity contribution in [3.05, 3.63) is 23.8 Å². The van der Waals surface area contributed by atoms with E-state index in [1.807, 2.05) is 0 Å². The Kier molecular flexibility index (Phi) is 5.56. The molecule has 0 aliphatic carbocycles. The smallest absolute Gasteiger partial charge is 0.251 e. The number of hydrogen-bond acceptors (Lipinski definition) is 3. The van der Waals surface area contributed by atoms with Crippen LogP contribution in [0.1, 0.15) is 10.4 Å². The number of rotatable bonds is 3. The second kappa shape index (κ2) is 6.14. The molecule has 0 bridgehead atoms. The van der Waals surface area contributed by atoms with Crippen LogP contribution < -0.4 is 14.8 Å². The van der Waals surface area contributed by atoms with Gasteiger partial charge in [0, 0.05) is 12.6 Å². The van der Waals surface area contributed by atoms with Gasteiger partial charge in [-0.1, -0.05) is 0 Å². The van der Waals surface area contributed by atoms with Gasteiger partial charge in [0.1, 0.15) is 0 Å². The fourth-order valence-corrected chi connectivity index (χ4v) is 1.12. The average Bonchev–Trinajstić information content (AvgIpc) is 2.26. The van der Waals surface area contributed by atoms with E-state index in [9.17, 15) is 4.79 Å². The third-order valence-electron chi connectivity index (χ3n) is 1.87. The summed E-state index contributed by atoms with van der Waals surface area (Å²) in [6.45, 7) is 0. The number of carbonyl (C=O) groups excluding carboxylic acids is 1. The van der Waals surface area contributed by atoms with Crippen molar-refractivity contribution in [2.75, 3.05) is 21.3 Å². The van der Waals surface area contributed by atoms with Crippen molar-refractivity contribution >= 4 is 18.3 Å². The first-order valence-corrected chi connectivity index (χ1v) is 4.17. The van der Waals surface area contributed by atoms with Gasteiger partial charge in [0.25, 0.3) is 5.91 Å². The van der Waals surface area contributed by atoms with Crippen LogP contribution in [0, 0.1) is 0 Å². The van der Waals surface area contributed by atoms with Crippen LogP contribution in [0.3, 0.4) is 0 Å². The summed E-state index contributed by atoms with van der Waals surface area (Å²) < 4.78 is 10.1. The molecule has 0 spiro atoms. The Hall–Kier alpha value is -1.42. The molecule has 84 valence electrons. The van der Waals surface area contributed by atoms with Crippen LogP contribution in [-0.2, 0) is 0 Å². The first-order valence-electron chi connectivity index (χ1n) is 4.17. The Morgan fingerprint density at radius 2 is 1.80 bits per heavy atom. The van der Waals surface area contributed by atoms with Crippen molar-refractivity contribution < 1.29 is 14.3 Å². The second-order valence-corrected chi connectivity index (χ2v) is 2.65. The van der Waals surface area contributed by atoms with Crippen molar-refractivity contribution in [1.29, 1.82) is 0 Å². The van der Waals surface area contributed by atoms with Crippen LogP contribution in [0.25, 0.3) is 0 Å². The number of hydrogen-bond donors (Lipinski definition) is 1. The zero-order chi connectivity index (χ0) is 10.6. The van der Waals surface area contributed by atoms with Gasteiger partial charge in [0.2, 0.25) is 0 Å². The second-order valence-electron chi connectivity index (χ2n) is 2.65. The molecule has 0 aliphatic heterocycles. The number of carbonyl (C=O) groups is 1. The van der Waals surface area contributed by atoms with E-state index in [2.05, 4.69) is 5.32 Å². The van der Waals surface area contributed by atoms with Crippen molar-refractivity contribution in [2.24, 2.45) is 0 Å². The topological polar surface area (TPSA) is 47.6 Å². The number of methoxy groups -OCH3 is 2. The highest BCUT2D eigenvalue weighted by molar-refractivity contribution is 5.94. The van der Waals surface area contributed by atoms with Crippen LogP contribution >= 0.6 is 12.4 Å². The highest BCUT2D eigenvalue weighted by Gasteiger charge is 2.08. The molecule has 15 heavy (non-hydrogen) atoms. The van der Waals surface area contributed by atoms with E-state index in [-0.39, 0.29) is 18.3 Å². The first-order chi connectivity index (χ1) is 6.72. The molecule has 5 heteroatoms. The number of halogens is 1. The lowest BCUT2D eigenvalue weighted by atomic mass is 10.2. The highest BCUT2D eigenvalue weighted by Crippen LogP contribution is 2.27. The molecule has 4 nitrogen and oxygen atoms in total. The summed E-state index contributed by atoms with van der Waals surface area (Å²) in [6.07, 6.45) is 0. The Labute approximate surface area is 95.0 Å². The minimum absolute atomic E-state index is 0. The van der Waals surface area contributed by atoms with Gasteiger partial charge in [-0.15, -0.1) is 12.4 Å². The van der Waals surface area contributed by atoms with Crippen LogP contribution in [0.5, 0.6) is 11.5 Å². The van der Waals surface area contributed by atoms with E-state index in [1.54, 1.807) is 32.4 Å². The molecule has 0 aromatic heterocycles. The fraction of sp³-hybridized carbons (Fsp3) is 0.300. The Morgan fingerprint density at radius 1 is 1.20 bits per heavy atom. The molecule has 1 amide bonds. The third kappa shape index (κ3) is 3.02. The van der Waals surface area contributed by atoms with Crippen LogP contribution in [0.15, 0.2) is 18.2 Å². The Balaban J connectivity index is 0.00000196. The molecular weight excluding hydrogens is 218 g/mol. The molecule has 0 fully saturated rings. The van der Waals surface area contributed by atoms with E-state index in [0.717, 1.165) is 0 Å². The van der Waals surface area contributed by atoms with Crippen molar-refractivity contribution in [1.82, 2.24) is 5.32 Å². The number of ether oxygens (including phenoxy) is 2. The van der Waals surface area contributed by atoms with Gasteiger partial charge in [0.05, 0.1) is 14.2 Å². The monoisotopic (exact) mass is 231 g/mol. The summed E-state index contributed by atoms with van der Waals surface area (Å²) in [6, 6.07) is 5.02. The Morgan fingerprint density at radius 3 is 2.27 bits per heavy atom. The summed E-state index contributed by atoms with van der Waals surface area (Å²) in [5.41, 5.74) is 0.546. The van der Waals surface area contributed by atoms with Gasteiger partial charge >= 0.3 is 0 Å². The minimum Gasteiger partial charge on any atom is -0.493 e. The van der Waals surface area contributed by atoms with Gasteiger partial charge in [-0.05, 0) is 18.2 Å². The maximum absolute atomic E-state index is 11.3. The van der Waals surface area contributed by atoms with Crippen LogP contribution in [0.2, 0.25) is 0 Å². The maximum Gasteiger partial charge on any atom is 0.251 e. The predicted molar refractivity (Wildman–Crippen MR) is 60.2 cm³/mol. The fourth-order valence-electron chi connectivity index (χ4n) is 1.12. The Bertz CT molecular complexity index is 341. The van der Waals surface area contributed by atoms with Crippen LogP contribution in [-0.4, -0.2) is 27.2 Å². The molecule has 0 unspecified atom stereocenters. The van der Waals surface area contributed by atoms with Crippen LogP contribution in [0.4, 0.5) is 0 Å².